The Kier molecular flexibility index (Phi) is 4.67. The Labute approximate surface area is 56.2 Å². The number of hydrogen-bond donors (Lipinski definition) is 1. The van der Waals surface area contributed by atoms with Crippen LogP contribution in [0.1, 0.15) is 20.8 Å². The fraction of sp³-hybridized carbons (Fsp3) is 1.00. The summed E-state index contributed by atoms with van der Waals surface area (Å²) in [6.45, 7) is 6.83. The average Bonchev–Trinajstić information content (AvgIpc) is 1.82. The number of nitrogens with zero attached hydrogens (tertiary/aromatic N) is 1. The van der Waals surface area contributed by atoms with Gasteiger partial charge in [-0.25, -0.2) is 0 Å². The molecule has 56 valence electrons. The minimum atomic E-state index is -0.505. The summed E-state index contributed by atoms with van der Waals surface area (Å²) in [5.41, 5.74) is 0. The van der Waals surface area contributed by atoms with Gasteiger partial charge in [-0.15, -0.1) is 0 Å². The first-order valence-electron chi connectivity index (χ1n) is 3.30. The van der Waals surface area contributed by atoms with E-state index in [4.69, 9.17) is 9.94 Å². The van der Waals surface area contributed by atoms with E-state index < -0.39 is 6.23 Å². The largest absolute Gasteiger partial charge is 0.377 e. The van der Waals surface area contributed by atoms with Crippen molar-refractivity contribution in [3.63, 3.8) is 0 Å². The summed E-state index contributed by atoms with van der Waals surface area (Å²) < 4.78 is 0. The summed E-state index contributed by atoms with van der Waals surface area (Å²) in [4.78, 5) is 5.04. The van der Waals surface area contributed by atoms with Crippen LogP contribution in [0.5, 0.6) is 0 Å². The molecule has 0 aromatic rings. The van der Waals surface area contributed by atoms with Gasteiger partial charge in [-0.05, 0) is 20.8 Å². The second-order valence-corrected chi connectivity index (χ2v) is 1.78. The Hall–Kier alpha value is -0.120. The van der Waals surface area contributed by atoms with E-state index in [2.05, 4.69) is 0 Å². The van der Waals surface area contributed by atoms with Crippen molar-refractivity contribution >= 4 is 0 Å². The fourth-order valence-corrected chi connectivity index (χ4v) is 0.629. The summed E-state index contributed by atoms with van der Waals surface area (Å²) in [5, 5.41) is 10.5. The average molecular weight is 133 g/mol. The van der Waals surface area contributed by atoms with Gasteiger partial charge >= 0.3 is 0 Å². The Morgan fingerprint density at radius 2 is 2.11 bits per heavy atom. The number of rotatable bonds is 4. The van der Waals surface area contributed by atoms with Gasteiger partial charge in [-0.2, -0.15) is 5.06 Å². The second-order valence-electron chi connectivity index (χ2n) is 1.78. The molecule has 3 heteroatoms. The van der Waals surface area contributed by atoms with Crippen molar-refractivity contribution < 1.29 is 9.94 Å². The molecule has 3 nitrogen and oxygen atoms in total. The van der Waals surface area contributed by atoms with Gasteiger partial charge in [-0.1, -0.05) is 0 Å². The van der Waals surface area contributed by atoms with Gasteiger partial charge in [0, 0.05) is 6.54 Å². The zero-order valence-electron chi connectivity index (χ0n) is 6.29. The van der Waals surface area contributed by atoms with Gasteiger partial charge in [-0.3, -0.25) is 4.84 Å². The lowest BCUT2D eigenvalue weighted by molar-refractivity contribution is -0.227. The molecule has 0 amide bonds. The molecule has 0 saturated heterocycles. The van der Waals surface area contributed by atoms with Crippen molar-refractivity contribution in [2.75, 3.05) is 13.2 Å². The van der Waals surface area contributed by atoms with Gasteiger partial charge in [0.15, 0.2) is 0 Å². The quantitative estimate of drug-likeness (QED) is 0.450. The van der Waals surface area contributed by atoms with Gasteiger partial charge in [0.2, 0.25) is 0 Å². The van der Waals surface area contributed by atoms with Crippen LogP contribution in [0.3, 0.4) is 0 Å². The Balaban J connectivity index is 3.41. The van der Waals surface area contributed by atoms with Crippen molar-refractivity contribution in [2.45, 2.75) is 27.0 Å². The minimum absolute atomic E-state index is 0.505. The van der Waals surface area contributed by atoms with E-state index in [1.807, 2.05) is 13.8 Å². The smallest absolute Gasteiger partial charge is 0.127 e. The number of aliphatic hydroxyl groups is 1. The third kappa shape index (κ3) is 3.46. The zero-order valence-corrected chi connectivity index (χ0v) is 6.29. The van der Waals surface area contributed by atoms with Crippen LogP contribution in [0.15, 0.2) is 0 Å². The van der Waals surface area contributed by atoms with E-state index >= 15 is 0 Å². The molecule has 1 atom stereocenters. The molecule has 1 N–H and O–H groups in total. The molecular weight excluding hydrogens is 118 g/mol. The molecule has 0 radical (unpaired) electrons. The lowest BCUT2D eigenvalue weighted by Gasteiger charge is -2.21. The SMILES string of the molecule is CCON(CC)C(C)O. The molecule has 0 bridgehead atoms. The summed E-state index contributed by atoms with van der Waals surface area (Å²) in [5.74, 6) is 0. The van der Waals surface area contributed by atoms with Crippen LogP contribution in [0.4, 0.5) is 0 Å². The van der Waals surface area contributed by atoms with Crippen LogP contribution in [0.2, 0.25) is 0 Å². The maximum absolute atomic E-state index is 8.94. The van der Waals surface area contributed by atoms with E-state index in [0.29, 0.717) is 13.2 Å². The lowest BCUT2D eigenvalue weighted by Crippen LogP contribution is -2.32. The summed E-state index contributed by atoms with van der Waals surface area (Å²) >= 11 is 0. The van der Waals surface area contributed by atoms with Gasteiger partial charge in [0.1, 0.15) is 6.23 Å². The van der Waals surface area contributed by atoms with E-state index in [-0.39, 0.29) is 0 Å². The first-order valence-corrected chi connectivity index (χ1v) is 3.30. The molecule has 9 heavy (non-hydrogen) atoms. The predicted molar refractivity (Wildman–Crippen MR) is 35.7 cm³/mol. The van der Waals surface area contributed by atoms with Crippen molar-refractivity contribution in [1.82, 2.24) is 5.06 Å². The molecule has 0 fully saturated rings. The topological polar surface area (TPSA) is 32.7 Å². The van der Waals surface area contributed by atoms with Crippen molar-refractivity contribution in [2.24, 2.45) is 0 Å². The number of aliphatic hydroxyl groups excluding tert-OH is 1. The van der Waals surface area contributed by atoms with E-state index in [1.165, 1.54) is 5.06 Å². The number of hydroxylamine groups is 2. The molecular formula is C6H15NO2. The van der Waals surface area contributed by atoms with E-state index in [1.54, 1.807) is 6.92 Å². The zero-order chi connectivity index (χ0) is 7.28. The summed E-state index contributed by atoms with van der Waals surface area (Å²) in [7, 11) is 0. The molecule has 0 saturated carbocycles. The highest BCUT2D eigenvalue weighted by atomic mass is 16.7. The molecule has 1 unspecified atom stereocenters. The highest BCUT2D eigenvalue weighted by Gasteiger charge is 2.05. The molecule has 0 aliphatic carbocycles. The van der Waals surface area contributed by atoms with E-state index in [0.717, 1.165) is 0 Å². The monoisotopic (exact) mass is 133 g/mol. The highest BCUT2D eigenvalue weighted by Crippen LogP contribution is 1.94. The van der Waals surface area contributed by atoms with Crippen LogP contribution >= 0.6 is 0 Å². The van der Waals surface area contributed by atoms with Crippen LogP contribution in [0.25, 0.3) is 0 Å². The Morgan fingerprint density at radius 3 is 2.22 bits per heavy atom. The molecule has 0 aromatic carbocycles. The second kappa shape index (κ2) is 4.73. The van der Waals surface area contributed by atoms with Crippen LogP contribution in [0, 0.1) is 0 Å². The summed E-state index contributed by atoms with van der Waals surface area (Å²) in [6, 6.07) is 0. The maximum Gasteiger partial charge on any atom is 0.127 e. The van der Waals surface area contributed by atoms with Gasteiger partial charge < -0.3 is 5.11 Å². The van der Waals surface area contributed by atoms with Gasteiger partial charge in [0.25, 0.3) is 0 Å². The van der Waals surface area contributed by atoms with Crippen LogP contribution in [-0.4, -0.2) is 29.5 Å². The molecule has 0 rings (SSSR count). The minimum Gasteiger partial charge on any atom is -0.377 e. The normalized spacial score (nSPS) is 14.3. The third-order valence-electron chi connectivity index (χ3n) is 1.02. The maximum atomic E-state index is 8.94. The standard InChI is InChI=1S/C6H15NO2/c1-4-7(6(3)8)9-5-2/h6,8H,4-5H2,1-3H3. The molecule has 0 aliphatic heterocycles. The van der Waals surface area contributed by atoms with Crippen LogP contribution < -0.4 is 0 Å². The molecule has 0 spiro atoms. The lowest BCUT2D eigenvalue weighted by atomic mass is 10.6. The van der Waals surface area contributed by atoms with Crippen molar-refractivity contribution in [1.29, 1.82) is 0 Å². The third-order valence-corrected chi connectivity index (χ3v) is 1.02. The van der Waals surface area contributed by atoms with Crippen molar-refractivity contribution in [3.05, 3.63) is 0 Å². The Morgan fingerprint density at radius 1 is 1.56 bits per heavy atom. The predicted octanol–water partition coefficient (Wildman–Crippen LogP) is 0.598. The fourth-order valence-electron chi connectivity index (χ4n) is 0.629. The number of hydrogen-bond acceptors (Lipinski definition) is 3. The highest BCUT2D eigenvalue weighted by molar-refractivity contribution is 4.38. The Bertz CT molecular complexity index is 66.1. The van der Waals surface area contributed by atoms with E-state index in [9.17, 15) is 0 Å². The van der Waals surface area contributed by atoms with Crippen LogP contribution in [-0.2, 0) is 4.84 Å². The first-order chi connectivity index (χ1) is 4.22. The summed E-state index contributed by atoms with van der Waals surface area (Å²) in [6.07, 6.45) is -0.505. The molecule has 0 aromatic heterocycles. The molecule has 0 aliphatic rings. The first kappa shape index (κ1) is 8.88. The molecule has 0 heterocycles. The van der Waals surface area contributed by atoms with Crippen molar-refractivity contribution in [3.8, 4) is 0 Å². The van der Waals surface area contributed by atoms with Gasteiger partial charge in [0.05, 0.1) is 6.61 Å².